The zero-order chi connectivity index (χ0) is 25.8. The Morgan fingerprint density at radius 1 is 0.571 bits per heavy atom. The molecule has 0 radical (unpaired) electrons. The van der Waals surface area contributed by atoms with Gasteiger partial charge in [-0.25, -0.2) is 0 Å². The van der Waals surface area contributed by atoms with Gasteiger partial charge in [0.05, 0.1) is 0 Å². The third-order valence-electron chi connectivity index (χ3n) is 5.65. The van der Waals surface area contributed by atoms with E-state index in [1.54, 1.807) is 36.4 Å². The summed E-state index contributed by atoms with van der Waals surface area (Å²) in [4.78, 5) is 25.1. The summed E-state index contributed by atoms with van der Waals surface area (Å²) < 4.78 is 0. The third-order valence-corrected chi connectivity index (χ3v) is 5.86. The summed E-state index contributed by atoms with van der Waals surface area (Å²) in [6, 6.07) is 22.3. The second-order valence-corrected chi connectivity index (χ2v) is 11.0. The Bertz CT molecular complexity index is 1200. The predicted molar refractivity (Wildman–Crippen MR) is 148 cm³/mol. The van der Waals surface area contributed by atoms with Crippen LogP contribution in [0.4, 0.5) is 11.4 Å². The van der Waals surface area contributed by atoms with Gasteiger partial charge in [0, 0.05) is 22.5 Å². The van der Waals surface area contributed by atoms with Gasteiger partial charge in [0.1, 0.15) is 0 Å². The second-order valence-electron chi connectivity index (χ2n) is 10.6. The van der Waals surface area contributed by atoms with Gasteiger partial charge in [-0.1, -0.05) is 65.8 Å². The molecule has 182 valence electrons. The quantitative estimate of drug-likeness (QED) is 0.360. The summed E-state index contributed by atoms with van der Waals surface area (Å²) >= 11 is 5.29. The molecule has 0 spiro atoms. The highest BCUT2D eigenvalue weighted by atomic mass is 32.1. The molecule has 3 rings (SSSR count). The van der Waals surface area contributed by atoms with Crippen molar-refractivity contribution in [1.82, 2.24) is 5.32 Å². The molecule has 0 aliphatic carbocycles. The fourth-order valence-corrected chi connectivity index (χ4v) is 3.63. The van der Waals surface area contributed by atoms with E-state index >= 15 is 0 Å². The summed E-state index contributed by atoms with van der Waals surface area (Å²) in [5, 5.41) is 8.79. The molecule has 0 saturated carbocycles. The van der Waals surface area contributed by atoms with Gasteiger partial charge in [-0.05, 0) is 82.7 Å². The van der Waals surface area contributed by atoms with Crippen LogP contribution in [0.25, 0.3) is 0 Å². The number of hydrogen-bond donors (Lipinski definition) is 3. The maximum Gasteiger partial charge on any atom is 0.257 e. The Hall–Kier alpha value is -3.51. The minimum absolute atomic E-state index is 0.0222. The summed E-state index contributed by atoms with van der Waals surface area (Å²) in [5.74, 6) is -0.448. The van der Waals surface area contributed by atoms with Gasteiger partial charge in [0.25, 0.3) is 11.8 Å². The van der Waals surface area contributed by atoms with Gasteiger partial charge < -0.3 is 10.6 Å². The number of anilines is 2. The van der Waals surface area contributed by atoms with Crippen LogP contribution in [-0.4, -0.2) is 16.9 Å². The topological polar surface area (TPSA) is 70.2 Å². The zero-order valence-electron chi connectivity index (χ0n) is 21.2. The average molecular weight is 488 g/mol. The monoisotopic (exact) mass is 487 g/mol. The largest absolute Gasteiger partial charge is 0.332 e. The van der Waals surface area contributed by atoms with Gasteiger partial charge in [0.2, 0.25) is 0 Å². The SMILES string of the molecule is CC(C)(C)c1ccc(C(=O)NC(=S)Nc2ccc(NC(=O)c3ccc(C(C)(C)C)cc3)cc2)cc1. The molecule has 3 aromatic carbocycles. The lowest BCUT2D eigenvalue weighted by Gasteiger charge is -2.19. The van der Waals surface area contributed by atoms with Crippen LogP contribution < -0.4 is 16.0 Å². The first-order valence-electron chi connectivity index (χ1n) is 11.6. The van der Waals surface area contributed by atoms with Crippen LogP contribution in [0.3, 0.4) is 0 Å². The molecule has 35 heavy (non-hydrogen) atoms. The van der Waals surface area contributed by atoms with Crippen molar-refractivity contribution in [2.24, 2.45) is 0 Å². The Labute approximate surface area is 213 Å². The van der Waals surface area contributed by atoms with Crippen LogP contribution >= 0.6 is 12.2 Å². The molecule has 0 heterocycles. The molecule has 0 aliphatic rings. The normalized spacial score (nSPS) is 11.5. The Morgan fingerprint density at radius 3 is 1.34 bits per heavy atom. The van der Waals surface area contributed by atoms with E-state index < -0.39 is 0 Å². The lowest BCUT2D eigenvalue weighted by Crippen LogP contribution is -2.34. The molecular weight excluding hydrogens is 454 g/mol. The molecular formula is C29H33N3O2S. The van der Waals surface area contributed by atoms with Gasteiger partial charge in [-0.3, -0.25) is 14.9 Å². The number of rotatable bonds is 4. The van der Waals surface area contributed by atoms with Crippen molar-refractivity contribution in [3.8, 4) is 0 Å². The van der Waals surface area contributed by atoms with E-state index in [4.69, 9.17) is 12.2 Å². The van der Waals surface area contributed by atoms with Crippen molar-refractivity contribution in [3.05, 3.63) is 95.1 Å². The number of nitrogens with one attached hydrogen (secondary N) is 3. The van der Waals surface area contributed by atoms with E-state index in [9.17, 15) is 9.59 Å². The lowest BCUT2D eigenvalue weighted by atomic mass is 9.86. The van der Waals surface area contributed by atoms with Gasteiger partial charge >= 0.3 is 0 Å². The van der Waals surface area contributed by atoms with Crippen molar-refractivity contribution in [1.29, 1.82) is 0 Å². The highest BCUT2D eigenvalue weighted by Crippen LogP contribution is 2.23. The minimum atomic E-state index is -0.274. The molecule has 2 amide bonds. The van der Waals surface area contributed by atoms with Crippen molar-refractivity contribution in [2.45, 2.75) is 52.4 Å². The molecule has 0 atom stereocenters. The molecule has 6 heteroatoms. The number of benzene rings is 3. The first-order valence-corrected chi connectivity index (χ1v) is 12.0. The summed E-state index contributed by atoms with van der Waals surface area (Å²) in [6.07, 6.45) is 0. The summed E-state index contributed by atoms with van der Waals surface area (Å²) in [6.45, 7) is 12.8. The maximum absolute atomic E-state index is 12.6. The molecule has 0 aromatic heterocycles. The Kier molecular flexibility index (Phi) is 7.76. The minimum Gasteiger partial charge on any atom is -0.332 e. The molecule has 0 aliphatic heterocycles. The van der Waals surface area contributed by atoms with Crippen molar-refractivity contribution < 1.29 is 9.59 Å². The summed E-state index contributed by atoms with van der Waals surface area (Å²) in [7, 11) is 0. The lowest BCUT2D eigenvalue weighted by molar-refractivity contribution is 0.0976. The number of carbonyl (C=O) groups is 2. The molecule has 0 unspecified atom stereocenters. The van der Waals surface area contributed by atoms with E-state index in [0.29, 0.717) is 22.5 Å². The number of hydrogen-bond acceptors (Lipinski definition) is 3. The van der Waals surface area contributed by atoms with E-state index in [-0.39, 0.29) is 27.8 Å². The molecule has 3 aromatic rings. The van der Waals surface area contributed by atoms with Gasteiger partial charge in [0.15, 0.2) is 5.11 Å². The van der Waals surface area contributed by atoms with Crippen molar-refractivity contribution >= 4 is 40.5 Å². The fourth-order valence-electron chi connectivity index (χ4n) is 3.42. The van der Waals surface area contributed by atoms with Crippen molar-refractivity contribution in [3.63, 3.8) is 0 Å². The average Bonchev–Trinajstić information content (AvgIpc) is 2.79. The Balaban J connectivity index is 1.54. The molecule has 0 bridgehead atoms. The molecule has 5 nitrogen and oxygen atoms in total. The van der Waals surface area contributed by atoms with Crippen LogP contribution in [0.15, 0.2) is 72.8 Å². The predicted octanol–water partition coefficient (Wildman–Crippen LogP) is 6.66. The van der Waals surface area contributed by atoms with Gasteiger partial charge in [-0.2, -0.15) is 0 Å². The molecule has 0 saturated heterocycles. The molecule has 3 N–H and O–H groups in total. The Morgan fingerprint density at radius 2 is 0.943 bits per heavy atom. The maximum atomic E-state index is 12.6. The first kappa shape index (κ1) is 26.1. The van der Waals surface area contributed by atoms with Crippen molar-refractivity contribution in [2.75, 3.05) is 10.6 Å². The number of thiocarbonyl (C=S) groups is 1. The highest BCUT2D eigenvalue weighted by molar-refractivity contribution is 7.80. The first-order chi connectivity index (χ1) is 16.3. The van der Waals surface area contributed by atoms with E-state index in [1.165, 1.54) is 5.56 Å². The highest BCUT2D eigenvalue weighted by Gasteiger charge is 2.16. The van der Waals surface area contributed by atoms with Crippen LogP contribution in [0.2, 0.25) is 0 Å². The van der Waals surface area contributed by atoms with Crippen LogP contribution in [-0.2, 0) is 10.8 Å². The van der Waals surface area contributed by atoms with Crippen LogP contribution in [0.5, 0.6) is 0 Å². The fraction of sp³-hybridized carbons (Fsp3) is 0.276. The molecule has 0 fully saturated rings. The van der Waals surface area contributed by atoms with E-state index in [0.717, 1.165) is 5.56 Å². The number of carbonyl (C=O) groups excluding carboxylic acids is 2. The van der Waals surface area contributed by atoms with Gasteiger partial charge in [-0.15, -0.1) is 0 Å². The standard InChI is InChI=1S/C29H33N3O2S/c1-28(2,3)21-11-7-19(8-12-21)25(33)30-23-15-17-24(18-16-23)31-27(35)32-26(34)20-9-13-22(14-10-20)29(4,5)6/h7-18H,1-6H3,(H,30,33)(H2,31,32,34,35). The number of amides is 2. The van der Waals surface area contributed by atoms with Crippen LogP contribution in [0, 0.1) is 0 Å². The summed E-state index contributed by atoms with van der Waals surface area (Å²) in [5.41, 5.74) is 4.89. The third kappa shape index (κ3) is 7.23. The van der Waals surface area contributed by atoms with E-state index in [1.807, 2.05) is 36.4 Å². The van der Waals surface area contributed by atoms with E-state index in [2.05, 4.69) is 57.5 Å². The zero-order valence-corrected chi connectivity index (χ0v) is 22.0. The van der Waals surface area contributed by atoms with Crippen LogP contribution in [0.1, 0.15) is 73.4 Å². The second kappa shape index (κ2) is 10.4. The smallest absolute Gasteiger partial charge is 0.257 e.